The molecule has 1 saturated heterocycles. The molecule has 4 heteroatoms. The molecule has 0 radical (unpaired) electrons. The highest BCUT2D eigenvalue weighted by atomic mass is 16.1. The molecule has 0 bridgehead atoms. The normalized spacial score (nSPS) is 21.7. The zero-order chi connectivity index (χ0) is 16.9. The summed E-state index contributed by atoms with van der Waals surface area (Å²) < 4.78 is 0. The first-order chi connectivity index (χ1) is 11.7. The summed E-state index contributed by atoms with van der Waals surface area (Å²) in [5.74, 6) is 0.805. The van der Waals surface area contributed by atoms with Gasteiger partial charge in [-0.25, -0.2) is 0 Å². The van der Waals surface area contributed by atoms with Gasteiger partial charge in [-0.1, -0.05) is 13.0 Å². The molecule has 0 saturated carbocycles. The SMILES string of the molecule is CCC1CCc2cc(NC(=O)/C=C/C3CCNCC3)ccc2C1=O. The molecule has 1 heterocycles. The Labute approximate surface area is 143 Å². The summed E-state index contributed by atoms with van der Waals surface area (Å²) in [6.07, 6.45) is 8.56. The number of benzene rings is 1. The molecule has 2 aliphatic rings. The second kappa shape index (κ2) is 7.75. The van der Waals surface area contributed by atoms with Gasteiger partial charge in [0.15, 0.2) is 5.78 Å². The number of amides is 1. The van der Waals surface area contributed by atoms with Crippen molar-refractivity contribution in [3.05, 3.63) is 41.5 Å². The largest absolute Gasteiger partial charge is 0.323 e. The summed E-state index contributed by atoms with van der Waals surface area (Å²) in [6, 6.07) is 5.66. The van der Waals surface area contributed by atoms with E-state index in [1.165, 1.54) is 0 Å². The van der Waals surface area contributed by atoms with Crippen molar-refractivity contribution in [2.75, 3.05) is 18.4 Å². The van der Waals surface area contributed by atoms with Crippen molar-refractivity contribution in [1.29, 1.82) is 0 Å². The Balaban J connectivity index is 1.62. The van der Waals surface area contributed by atoms with E-state index < -0.39 is 0 Å². The number of nitrogens with one attached hydrogen (secondary N) is 2. The van der Waals surface area contributed by atoms with Crippen molar-refractivity contribution < 1.29 is 9.59 Å². The molecule has 1 fully saturated rings. The van der Waals surface area contributed by atoms with Crippen LogP contribution in [-0.2, 0) is 11.2 Å². The van der Waals surface area contributed by atoms with Gasteiger partial charge in [-0.2, -0.15) is 0 Å². The van der Waals surface area contributed by atoms with E-state index in [1.807, 2.05) is 24.3 Å². The number of aryl methyl sites for hydroxylation is 1. The van der Waals surface area contributed by atoms with Gasteiger partial charge < -0.3 is 10.6 Å². The summed E-state index contributed by atoms with van der Waals surface area (Å²) in [7, 11) is 0. The first-order valence-electron chi connectivity index (χ1n) is 9.04. The summed E-state index contributed by atoms with van der Waals surface area (Å²) in [5, 5.41) is 6.24. The lowest BCUT2D eigenvalue weighted by Crippen LogP contribution is -2.27. The van der Waals surface area contributed by atoms with Crippen LogP contribution in [0.4, 0.5) is 5.69 Å². The van der Waals surface area contributed by atoms with Crippen LogP contribution in [0.5, 0.6) is 0 Å². The molecular weight excluding hydrogens is 300 g/mol. The van der Waals surface area contributed by atoms with Crippen molar-refractivity contribution in [2.45, 2.75) is 39.0 Å². The molecule has 2 N–H and O–H groups in total. The Morgan fingerprint density at radius 3 is 2.83 bits per heavy atom. The molecule has 24 heavy (non-hydrogen) atoms. The predicted molar refractivity (Wildman–Crippen MR) is 96.2 cm³/mol. The van der Waals surface area contributed by atoms with Crippen LogP contribution in [0.15, 0.2) is 30.4 Å². The Morgan fingerprint density at radius 2 is 2.08 bits per heavy atom. The average Bonchev–Trinajstić information content (AvgIpc) is 2.61. The number of piperidine rings is 1. The topological polar surface area (TPSA) is 58.2 Å². The fourth-order valence-corrected chi connectivity index (χ4v) is 3.63. The van der Waals surface area contributed by atoms with Gasteiger partial charge in [-0.05, 0) is 81.0 Å². The number of carbonyl (C=O) groups excluding carboxylic acids is 2. The molecule has 1 aliphatic carbocycles. The number of carbonyl (C=O) groups is 2. The van der Waals surface area contributed by atoms with Crippen LogP contribution in [0.25, 0.3) is 0 Å². The highest BCUT2D eigenvalue weighted by Gasteiger charge is 2.25. The van der Waals surface area contributed by atoms with Crippen LogP contribution < -0.4 is 10.6 Å². The third-order valence-corrected chi connectivity index (χ3v) is 5.17. The van der Waals surface area contributed by atoms with Crippen molar-refractivity contribution in [2.24, 2.45) is 11.8 Å². The van der Waals surface area contributed by atoms with Gasteiger partial charge in [0.2, 0.25) is 5.91 Å². The lowest BCUT2D eigenvalue weighted by Gasteiger charge is -2.22. The predicted octanol–water partition coefficient (Wildman–Crippen LogP) is 3.34. The zero-order valence-electron chi connectivity index (χ0n) is 14.3. The third kappa shape index (κ3) is 3.93. The minimum absolute atomic E-state index is 0.0953. The molecule has 1 aromatic carbocycles. The zero-order valence-corrected chi connectivity index (χ0v) is 14.3. The van der Waals surface area contributed by atoms with Crippen LogP contribution in [-0.4, -0.2) is 24.8 Å². The Hall–Kier alpha value is -1.94. The van der Waals surface area contributed by atoms with E-state index in [9.17, 15) is 9.59 Å². The van der Waals surface area contributed by atoms with Gasteiger partial charge in [-0.3, -0.25) is 9.59 Å². The van der Waals surface area contributed by atoms with Crippen molar-refractivity contribution >= 4 is 17.4 Å². The van der Waals surface area contributed by atoms with E-state index in [0.29, 0.717) is 5.92 Å². The molecule has 1 atom stereocenters. The van der Waals surface area contributed by atoms with E-state index in [4.69, 9.17) is 0 Å². The van der Waals surface area contributed by atoms with Gasteiger partial charge in [0.25, 0.3) is 0 Å². The molecule has 0 aromatic heterocycles. The molecule has 1 aromatic rings. The second-order valence-corrected chi connectivity index (χ2v) is 6.82. The van der Waals surface area contributed by atoms with Crippen LogP contribution in [0.3, 0.4) is 0 Å². The molecular formula is C20H26N2O2. The lowest BCUT2D eigenvalue weighted by molar-refractivity contribution is -0.111. The maximum absolute atomic E-state index is 12.4. The van der Waals surface area contributed by atoms with Crippen LogP contribution >= 0.6 is 0 Å². The average molecular weight is 326 g/mol. The standard InChI is InChI=1S/C20H26N2O2/c1-2-15-4-5-16-13-17(6-7-18(16)20(15)24)22-19(23)8-3-14-9-11-21-12-10-14/h3,6-8,13-15,21H,2,4-5,9-12H2,1H3,(H,22,23)/b8-3+. The third-order valence-electron chi connectivity index (χ3n) is 5.17. The molecule has 0 spiro atoms. The number of fused-ring (bicyclic) bond motifs is 1. The van der Waals surface area contributed by atoms with E-state index >= 15 is 0 Å². The summed E-state index contributed by atoms with van der Waals surface area (Å²) in [6.45, 7) is 4.11. The van der Waals surface area contributed by atoms with E-state index in [2.05, 4.69) is 17.6 Å². The smallest absolute Gasteiger partial charge is 0.248 e. The number of rotatable bonds is 4. The number of hydrogen-bond donors (Lipinski definition) is 2. The number of allylic oxidation sites excluding steroid dienone is 1. The van der Waals surface area contributed by atoms with Gasteiger partial charge in [0, 0.05) is 17.2 Å². The van der Waals surface area contributed by atoms with Crippen LogP contribution in [0.1, 0.15) is 48.5 Å². The Morgan fingerprint density at radius 1 is 1.29 bits per heavy atom. The molecule has 1 unspecified atom stereocenters. The number of hydrogen-bond acceptors (Lipinski definition) is 3. The van der Waals surface area contributed by atoms with Crippen molar-refractivity contribution in [3.8, 4) is 0 Å². The first-order valence-corrected chi connectivity index (χ1v) is 9.04. The monoisotopic (exact) mass is 326 g/mol. The molecule has 3 rings (SSSR count). The highest BCUT2D eigenvalue weighted by Crippen LogP contribution is 2.29. The maximum atomic E-state index is 12.4. The fraction of sp³-hybridized carbons (Fsp3) is 0.500. The minimum atomic E-state index is -0.0953. The maximum Gasteiger partial charge on any atom is 0.248 e. The van der Waals surface area contributed by atoms with Gasteiger partial charge >= 0.3 is 0 Å². The van der Waals surface area contributed by atoms with Gasteiger partial charge in [0.05, 0.1) is 0 Å². The summed E-state index contributed by atoms with van der Waals surface area (Å²) in [5.41, 5.74) is 2.66. The van der Waals surface area contributed by atoms with E-state index in [-0.39, 0.29) is 17.6 Å². The van der Waals surface area contributed by atoms with Crippen molar-refractivity contribution in [3.63, 3.8) is 0 Å². The summed E-state index contributed by atoms with van der Waals surface area (Å²) >= 11 is 0. The van der Waals surface area contributed by atoms with Crippen molar-refractivity contribution in [1.82, 2.24) is 5.32 Å². The van der Waals surface area contributed by atoms with E-state index in [0.717, 1.165) is 62.0 Å². The highest BCUT2D eigenvalue weighted by molar-refractivity contribution is 6.02. The van der Waals surface area contributed by atoms with Crippen LogP contribution in [0.2, 0.25) is 0 Å². The fourth-order valence-electron chi connectivity index (χ4n) is 3.63. The Kier molecular flexibility index (Phi) is 5.46. The first kappa shape index (κ1) is 16.9. The number of anilines is 1. The van der Waals surface area contributed by atoms with E-state index in [1.54, 1.807) is 6.08 Å². The number of ketones is 1. The minimum Gasteiger partial charge on any atom is -0.323 e. The number of Topliss-reactive ketones (excluding diaryl/α,β-unsaturated/α-hetero) is 1. The van der Waals surface area contributed by atoms with Gasteiger partial charge in [0.1, 0.15) is 0 Å². The second-order valence-electron chi connectivity index (χ2n) is 6.82. The lowest BCUT2D eigenvalue weighted by atomic mass is 9.81. The molecule has 4 nitrogen and oxygen atoms in total. The Bertz CT molecular complexity index is 645. The molecule has 1 amide bonds. The quantitative estimate of drug-likeness (QED) is 0.834. The molecule has 1 aliphatic heterocycles. The van der Waals surface area contributed by atoms with Gasteiger partial charge in [-0.15, -0.1) is 0 Å². The summed E-state index contributed by atoms with van der Waals surface area (Å²) in [4.78, 5) is 24.5. The molecule has 128 valence electrons. The van der Waals surface area contributed by atoms with Crippen LogP contribution in [0, 0.1) is 11.8 Å².